The quantitative estimate of drug-likeness (QED) is 0.685. The average molecular weight is 284 g/mol. The molecule has 0 bridgehead atoms. The lowest BCUT2D eigenvalue weighted by molar-refractivity contribution is 0.0660. The summed E-state index contributed by atoms with van der Waals surface area (Å²) in [4.78, 5) is 25.8. The highest BCUT2D eigenvalue weighted by atomic mass is 16.4. The first kappa shape index (κ1) is 13.0. The number of carboxylic acid groups (broad SMARTS) is 1. The van der Waals surface area contributed by atoms with E-state index in [0.717, 1.165) is 10.9 Å². The van der Waals surface area contributed by atoms with Gasteiger partial charge in [0.05, 0.1) is 6.54 Å². The van der Waals surface area contributed by atoms with Gasteiger partial charge in [-0.25, -0.2) is 4.79 Å². The molecule has 0 unspecified atom stereocenters. The Morgan fingerprint density at radius 3 is 2.81 bits per heavy atom. The first-order valence-electron chi connectivity index (χ1n) is 6.31. The van der Waals surface area contributed by atoms with Crippen molar-refractivity contribution in [3.63, 3.8) is 0 Å². The average Bonchev–Trinajstić information content (AvgIpc) is 3.12. The number of rotatable bonds is 4. The van der Waals surface area contributed by atoms with Gasteiger partial charge in [0.15, 0.2) is 0 Å². The zero-order valence-corrected chi connectivity index (χ0v) is 10.9. The summed E-state index contributed by atoms with van der Waals surface area (Å²) in [7, 11) is 0. The van der Waals surface area contributed by atoms with E-state index in [1.165, 1.54) is 12.1 Å². The minimum atomic E-state index is -1.13. The first-order chi connectivity index (χ1) is 10.1. The van der Waals surface area contributed by atoms with Crippen LogP contribution in [0, 0.1) is 0 Å². The van der Waals surface area contributed by atoms with Crippen LogP contribution in [-0.4, -0.2) is 22.0 Å². The van der Waals surface area contributed by atoms with Crippen LogP contribution in [0.25, 0.3) is 10.9 Å². The van der Waals surface area contributed by atoms with Gasteiger partial charge in [-0.2, -0.15) is 0 Å². The summed E-state index contributed by atoms with van der Waals surface area (Å²) in [6.07, 6.45) is 1.81. The van der Waals surface area contributed by atoms with E-state index in [9.17, 15) is 9.59 Å². The second-order valence-corrected chi connectivity index (χ2v) is 4.53. The Hall–Kier alpha value is -3.02. The molecular formula is C15H12N2O4. The molecule has 6 nitrogen and oxygen atoms in total. The van der Waals surface area contributed by atoms with Gasteiger partial charge in [0.2, 0.25) is 5.76 Å². The number of carbonyl (C=O) groups excluding carboxylic acids is 1. The van der Waals surface area contributed by atoms with Crippen molar-refractivity contribution < 1.29 is 19.1 Å². The normalized spacial score (nSPS) is 10.7. The second kappa shape index (κ2) is 5.16. The van der Waals surface area contributed by atoms with Crippen molar-refractivity contribution in [2.45, 2.75) is 6.54 Å². The predicted octanol–water partition coefficient (Wildman–Crippen LogP) is 2.39. The molecule has 3 N–H and O–H groups in total. The van der Waals surface area contributed by atoms with Gasteiger partial charge in [0.25, 0.3) is 5.91 Å². The summed E-state index contributed by atoms with van der Waals surface area (Å²) in [5.74, 6) is -1.13. The van der Waals surface area contributed by atoms with Gasteiger partial charge in [-0.05, 0) is 36.4 Å². The third kappa shape index (κ3) is 2.64. The summed E-state index contributed by atoms with van der Waals surface area (Å²) < 4.78 is 5.07. The molecule has 0 aliphatic rings. The third-order valence-corrected chi connectivity index (χ3v) is 3.11. The number of aromatic nitrogens is 1. The summed E-state index contributed by atoms with van der Waals surface area (Å²) >= 11 is 0. The minimum absolute atomic E-state index is 0.136. The van der Waals surface area contributed by atoms with E-state index >= 15 is 0 Å². The molecule has 1 amide bonds. The van der Waals surface area contributed by atoms with Crippen LogP contribution in [0.5, 0.6) is 0 Å². The van der Waals surface area contributed by atoms with Crippen molar-refractivity contribution in [1.82, 2.24) is 10.3 Å². The van der Waals surface area contributed by atoms with Crippen LogP contribution in [0.15, 0.2) is 47.0 Å². The number of hydrogen-bond donors (Lipinski definition) is 3. The highest BCUT2D eigenvalue weighted by molar-refractivity contribution is 5.98. The van der Waals surface area contributed by atoms with Crippen molar-refractivity contribution in [2.24, 2.45) is 0 Å². The van der Waals surface area contributed by atoms with Crippen molar-refractivity contribution in [3.05, 3.63) is 59.7 Å². The van der Waals surface area contributed by atoms with Crippen molar-refractivity contribution in [1.29, 1.82) is 0 Å². The monoisotopic (exact) mass is 284 g/mol. The van der Waals surface area contributed by atoms with Crippen molar-refractivity contribution in [2.75, 3.05) is 0 Å². The molecule has 6 heteroatoms. The number of amides is 1. The molecule has 106 valence electrons. The highest BCUT2D eigenvalue weighted by Gasteiger charge is 2.11. The maximum absolute atomic E-state index is 12.0. The Balaban J connectivity index is 1.69. The fourth-order valence-corrected chi connectivity index (χ4v) is 2.05. The molecule has 2 heterocycles. The minimum Gasteiger partial charge on any atom is -0.475 e. The van der Waals surface area contributed by atoms with E-state index in [1.807, 2.05) is 18.3 Å². The van der Waals surface area contributed by atoms with Crippen LogP contribution in [0.2, 0.25) is 0 Å². The van der Waals surface area contributed by atoms with Gasteiger partial charge in [-0.3, -0.25) is 4.79 Å². The number of aromatic amines is 1. The molecule has 0 aliphatic carbocycles. The van der Waals surface area contributed by atoms with E-state index < -0.39 is 5.97 Å². The summed E-state index contributed by atoms with van der Waals surface area (Å²) in [5.41, 5.74) is 1.50. The maximum atomic E-state index is 12.0. The molecule has 2 aromatic heterocycles. The van der Waals surface area contributed by atoms with E-state index in [-0.39, 0.29) is 18.2 Å². The Labute approximate surface area is 119 Å². The Bertz CT molecular complexity index is 816. The van der Waals surface area contributed by atoms with Crippen LogP contribution in [0.4, 0.5) is 0 Å². The molecule has 0 radical (unpaired) electrons. The van der Waals surface area contributed by atoms with Gasteiger partial charge < -0.3 is 19.8 Å². The van der Waals surface area contributed by atoms with E-state index in [2.05, 4.69) is 10.3 Å². The number of fused-ring (bicyclic) bond motifs is 1. The number of nitrogens with one attached hydrogen (secondary N) is 2. The number of carbonyl (C=O) groups is 2. The van der Waals surface area contributed by atoms with Gasteiger partial charge in [-0.1, -0.05) is 0 Å². The number of aromatic carboxylic acids is 1. The molecule has 0 saturated heterocycles. The molecule has 1 aromatic carbocycles. The maximum Gasteiger partial charge on any atom is 0.371 e. The topological polar surface area (TPSA) is 95.3 Å². The van der Waals surface area contributed by atoms with Crippen LogP contribution in [0.3, 0.4) is 0 Å². The molecule has 3 aromatic rings. The predicted molar refractivity (Wildman–Crippen MR) is 75.1 cm³/mol. The lowest BCUT2D eigenvalue weighted by Crippen LogP contribution is -2.22. The fraction of sp³-hybridized carbons (Fsp3) is 0.0667. The molecule has 0 fully saturated rings. The molecule has 0 saturated carbocycles. The molecule has 21 heavy (non-hydrogen) atoms. The summed E-state index contributed by atoms with van der Waals surface area (Å²) in [5, 5.41) is 12.4. The standard InChI is InChI=1S/C15H12N2O4/c18-14(10-1-3-12-9(7-10)5-6-16-12)17-8-11-2-4-13(21-11)15(19)20/h1-7,16H,8H2,(H,17,18)(H,19,20). The second-order valence-electron chi connectivity index (χ2n) is 4.53. The van der Waals surface area contributed by atoms with E-state index in [0.29, 0.717) is 11.3 Å². The molecular weight excluding hydrogens is 272 g/mol. The van der Waals surface area contributed by atoms with Gasteiger partial charge >= 0.3 is 5.97 Å². The number of benzene rings is 1. The van der Waals surface area contributed by atoms with E-state index in [4.69, 9.17) is 9.52 Å². The SMILES string of the molecule is O=C(NCc1ccc(C(=O)O)o1)c1ccc2[nH]ccc2c1. The number of hydrogen-bond acceptors (Lipinski definition) is 3. The van der Waals surface area contributed by atoms with Gasteiger partial charge in [-0.15, -0.1) is 0 Å². The molecule has 0 spiro atoms. The summed E-state index contributed by atoms with van der Waals surface area (Å²) in [6.45, 7) is 0.136. The lowest BCUT2D eigenvalue weighted by Gasteiger charge is -2.03. The zero-order chi connectivity index (χ0) is 14.8. The lowest BCUT2D eigenvalue weighted by atomic mass is 10.1. The first-order valence-corrected chi connectivity index (χ1v) is 6.31. The smallest absolute Gasteiger partial charge is 0.371 e. The highest BCUT2D eigenvalue weighted by Crippen LogP contribution is 2.14. The van der Waals surface area contributed by atoms with Crippen LogP contribution in [-0.2, 0) is 6.54 Å². The van der Waals surface area contributed by atoms with Gasteiger partial charge in [0.1, 0.15) is 5.76 Å². The van der Waals surface area contributed by atoms with Crippen molar-refractivity contribution in [3.8, 4) is 0 Å². The van der Waals surface area contributed by atoms with Crippen molar-refractivity contribution >= 4 is 22.8 Å². The van der Waals surface area contributed by atoms with Crippen LogP contribution < -0.4 is 5.32 Å². The molecule has 0 aliphatic heterocycles. The Morgan fingerprint density at radius 1 is 1.19 bits per heavy atom. The number of furan rings is 1. The summed E-state index contributed by atoms with van der Waals surface area (Å²) in [6, 6.07) is 10.1. The largest absolute Gasteiger partial charge is 0.475 e. The van der Waals surface area contributed by atoms with Crippen LogP contribution >= 0.6 is 0 Å². The fourth-order valence-electron chi connectivity index (χ4n) is 2.05. The molecule has 3 rings (SSSR count). The zero-order valence-electron chi connectivity index (χ0n) is 10.9. The van der Waals surface area contributed by atoms with Gasteiger partial charge in [0, 0.05) is 22.7 Å². The number of carboxylic acids is 1. The molecule has 0 atom stereocenters. The number of H-pyrrole nitrogens is 1. The Kier molecular flexibility index (Phi) is 3.19. The Morgan fingerprint density at radius 2 is 2.05 bits per heavy atom. The third-order valence-electron chi connectivity index (χ3n) is 3.11. The van der Waals surface area contributed by atoms with E-state index in [1.54, 1.807) is 12.1 Å². The van der Waals surface area contributed by atoms with Crippen LogP contribution in [0.1, 0.15) is 26.7 Å².